The summed E-state index contributed by atoms with van der Waals surface area (Å²) in [4.78, 5) is 39.7. The molecule has 1 aromatic rings. The summed E-state index contributed by atoms with van der Waals surface area (Å²) < 4.78 is 1.61. The Hall–Kier alpha value is -2.64. The molecule has 1 fully saturated rings. The van der Waals surface area contributed by atoms with Crippen molar-refractivity contribution >= 4 is 17.7 Å². The second kappa shape index (κ2) is 6.93. The molecule has 1 N–H and O–H groups in total. The highest BCUT2D eigenvalue weighted by Gasteiger charge is 2.35. The molecule has 0 bridgehead atoms. The van der Waals surface area contributed by atoms with Crippen LogP contribution in [0.2, 0.25) is 0 Å². The number of hydrogen-bond donors (Lipinski definition) is 1. The van der Waals surface area contributed by atoms with E-state index in [-0.39, 0.29) is 23.4 Å². The Balaban J connectivity index is 1.98. The fourth-order valence-electron chi connectivity index (χ4n) is 3.77. The highest BCUT2D eigenvalue weighted by molar-refractivity contribution is 6.11. The fraction of sp³-hybridized carbons (Fsp3) is 0.556. The number of carbonyl (C=O) groups is 3. The number of likely N-dealkylation sites (tertiary alicyclic amines) is 1. The highest BCUT2D eigenvalue weighted by Crippen LogP contribution is 2.33. The molecule has 3 rings (SSSR count). The van der Waals surface area contributed by atoms with Gasteiger partial charge < -0.3 is 14.9 Å². The van der Waals surface area contributed by atoms with Crippen molar-refractivity contribution in [2.75, 3.05) is 27.2 Å². The molecule has 1 amide bonds. The van der Waals surface area contributed by atoms with Crippen LogP contribution in [0.1, 0.15) is 58.8 Å². The van der Waals surface area contributed by atoms with Crippen LogP contribution in [0.5, 0.6) is 0 Å². The number of nitrogens with zero attached hydrogens (tertiary/aromatic N) is 4. The summed E-state index contributed by atoms with van der Waals surface area (Å²) in [5, 5.41) is 13.8. The topological polar surface area (TPSA) is 95.7 Å². The van der Waals surface area contributed by atoms with E-state index in [0.29, 0.717) is 55.6 Å². The quantitative estimate of drug-likeness (QED) is 0.817. The Morgan fingerprint density at radius 3 is 2.42 bits per heavy atom. The van der Waals surface area contributed by atoms with Crippen LogP contribution >= 0.6 is 0 Å². The van der Waals surface area contributed by atoms with E-state index in [4.69, 9.17) is 0 Å². The van der Waals surface area contributed by atoms with E-state index in [0.717, 1.165) is 0 Å². The van der Waals surface area contributed by atoms with Crippen LogP contribution in [-0.4, -0.2) is 69.5 Å². The Bertz CT molecular complexity index is 785. The number of aromatic nitrogens is 2. The Morgan fingerprint density at radius 1 is 1.23 bits per heavy atom. The van der Waals surface area contributed by atoms with Crippen molar-refractivity contribution in [1.29, 1.82) is 0 Å². The maximum absolute atomic E-state index is 13.0. The van der Waals surface area contributed by atoms with Crippen molar-refractivity contribution in [3.8, 4) is 0 Å². The summed E-state index contributed by atoms with van der Waals surface area (Å²) in [5.74, 6) is -1.22. The first-order chi connectivity index (χ1) is 12.3. The molecule has 140 valence electrons. The van der Waals surface area contributed by atoms with Gasteiger partial charge in [0.15, 0.2) is 5.69 Å². The van der Waals surface area contributed by atoms with Crippen LogP contribution < -0.4 is 0 Å². The molecule has 0 radical (unpaired) electrons. The zero-order chi connectivity index (χ0) is 19.0. The molecule has 1 aromatic heterocycles. The third kappa shape index (κ3) is 3.23. The van der Waals surface area contributed by atoms with E-state index in [1.807, 2.05) is 19.0 Å². The van der Waals surface area contributed by atoms with Gasteiger partial charge in [0.25, 0.3) is 0 Å². The van der Waals surface area contributed by atoms with Crippen molar-refractivity contribution in [3.05, 3.63) is 28.7 Å². The van der Waals surface area contributed by atoms with E-state index in [9.17, 15) is 19.5 Å². The molecule has 0 unspecified atom stereocenters. The molecule has 8 nitrogen and oxygen atoms in total. The van der Waals surface area contributed by atoms with Crippen LogP contribution in [0, 0.1) is 0 Å². The molecule has 0 saturated carbocycles. The van der Waals surface area contributed by atoms with Gasteiger partial charge in [0, 0.05) is 51.4 Å². The second-order valence-electron chi connectivity index (χ2n) is 7.11. The van der Waals surface area contributed by atoms with E-state index in [1.54, 1.807) is 22.7 Å². The minimum atomic E-state index is -1.10. The van der Waals surface area contributed by atoms with Gasteiger partial charge in [-0.3, -0.25) is 14.3 Å². The fourth-order valence-corrected chi connectivity index (χ4v) is 3.77. The van der Waals surface area contributed by atoms with Gasteiger partial charge in [-0.25, -0.2) is 4.79 Å². The lowest BCUT2D eigenvalue weighted by Crippen LogP contribution is -2.38. The predicted molar refractivity (Wildman–Crippen MR) is 94.1 cm³/mol. The lowest BCUT2D eigenvalue weighted by molar-refractivity contribution is -0.130. The Labute approximate surface area is 152 Å². The molecule has 0 spiro atoms. The molecule has 1 aliphatic carbocycles. The van der Waals surface area contributed by atoms with Crippen LogP contribution in [0.25, 0.3) is 0 Å². The molecular formula is C18H24N4O4. The number of carboxylic acids is 1. The summed E-state index contributed by atoms with van der Waals surface area (Å²) in [6.45, 7) is 2.72. The normalized spacial score (nSPS) is 19.6. The molecular weight excluding hydrogens is 336 g/mol. The third-order valence-electron chi connectivity index (χ3n) is 5.03. The zero-order valence-electron chi connectivity index (χ0n) is 15.4. The number of carbonyl (C=O) groups excluding carboxylic acids is 2. The predicted octanol–water partition coefficient (Wildman–Crippen LogP) is 1.34. The summed E-state index contributed by atoms with van der Waals surface area (Å²) in [6.07, 6.45) is 4.12. The molecule has 0 aromatic carbocycles. The van der Waals surface area contributed by atoms with Gasteiger partial charge in [0.1, 0.15) is 5.69 Å². The molecule has 26 heavy (non-hydrogen) atoms. The van der Waals surface area contributed by atoms with Crippen molar-refractivity contribution in [1.82, 2.24) is 19.6 Å². The maximum atomic E-state index is 13.0. The Kier molecular flexibility index (Phi) is 4.84. The van der Waals surface area contributed by atoms with Crippen LogP contribution in [0.15, 0.2) is 11.8 Å². The van der Waals surface area contributed by atoms with Gasteiger partial charge in [-0.05, 0) is 25.7 Å². The first kappa shape index (κ1) is 18.2. The molecule has 1 saturated heterocycles. The summed E-state index contributed by atoms with van der Waals surface area (Å²) >= 11 is 0. The minimum absolute atomic E-state index is 0.0220. The van der Waals surface area contributed by atoms with Crippen LogP contribution in [0.3, 0.4) is 0 Å². The summed E-state index contributed by atoms with van der Waals surface area (Å²) in [5.41, 5.74) is 1.59. The number of allylic oxidation sites excluding steroid dienone is 1. The van der Waals surface area contributed by atoms with Crippen LogP contribution in [0.4, 0.5) is 0 Å². The van der Waals surface area contributed by atoms with E-state index in [2.05, 4.69) is 5.10 Å². The van der Waals surface area contributed by atoms with Crippen molar-refractivity contribution < 1.29 is 19.5 Å². The molecule has 2 heterocycles. The van der Waals surface area contributed by atoms with Gasteiger partial charge in [-0.15, -0.1) is 0 Å². The number of Topliss-reactive ketones (excluding diaryl/α,β-unsaturated/α-hetero) is 1. The average molecular weight is 360 g/mol. The van der Waals surface area contributed by atoms with Crippen LogP contribution in [-0.2, 0) is 11.2 Å². The number of ketones is 1. The number of amides is 1. The third-order valence-corrected chi connectivity index (χ3v) is 5.03. The molecule has 2 aliphatic rings. The maximum Gasteiger partial charge on any atom is 0.356 e. The van der Waals surface area contributed by atoms with Gasteiger partial charge >= 0.3 is 5.97 Å². The van der Waals surface area contributed by atoms with E-state index < -0.39 is 5.97 Å². The average Bonchev–Trinajstić information content (AvgIpc) is 2.97. The zero-order valence-corrected chi connectivity index (χ0v) is 15.4. The SMILES string of the molecule is CC(=O)N1CCC(n2nc(C(=O)O)c3c2C(=O)C(=CN(C)C)CC3)CC1. The van der Waals surface area contributed by atoms with Gasteiger partial charge in [0.2, 0.25) is 11.7 Å². The standard InChI is InChI=1S/C18H24N4O4/c1-11(23)21-8-6-13(7-9-21)22-16-14(15(19-22)18(25)26)5-4-12(17(16)24)10-20(2)3/h10,13H,4-9H2,1-3H3,(H,25,26). The van der Waals surface area contributed by atoms with E-state index in [1.165, 1.54) is 0 Å². The Morgan fingerprint density at radius 2 is 1.88 bits per heavy atom. The van der Waals surface area contributed by atoms with Crippen molar-refractivity contribution in [2.45, 2.75) is 38.6 Å². The number of aromatic carboxylic acids is 1. The highest BCUT2D eigenvalue weighted by atomic mass is 16.4. The summed E-state index contributed by atoms with van der Waals surface area (Å²) in [6, 6.07) is -0.0740. The molecule has 0 atom stereocenters. The first-order valence-electron chi connectivity index (χ1n) is 8.81. The lowest BCUT2D eigenvalue weighted by Gasteiger charge is -2.32. The number of carboxylic acid groups (broad SMARTS) is 1. The monoisotopic (exact) mass is 360 g/mol. The summed E-state index contributed by atoms with van der Waals surface area (Å²) in [7, 11) is 3.71. The van der Waals surface area contributed by atoms with Gasteiger partial charge in [0.05, 0.1) is 6.04 Å². The number of hydrogen-bond acceptors (Lipinski definition) is 5. The first-order valence-corrected chi connectivity index (χ1v) is 8.81. The van der Waals surface area contributed by atoms with E-state index >= 15 is 0 Å². The number of fused-ring (bicyclic) bond motifs is 1. The number of piperidine rings is 1. The largest absolute Gasteiger partial charge is 0.476 e. The van der Waals surface area contributed by atoms with Gasteiger partial charge in [-0.2, -0.15) is 5.10 Å². The number of rotatable bonds is 3. The lowest BCUT2D eigenvalue weighted by atomic mass is 9.90. The molecule has 1 aliphatic heterocycles. The van der Waals surface area contributed by atoms with Crippen molar-refractivity contribution in [2.24, 2.45) is 0 Å². The minimum Gasteiger partial charge on any atom is -0.476 e. The van der Waals surface area contributed by atoms with Crippen molar-refractivity contribution in [3.63, 3.8) is 0 Å². The second-order valence-corrected chi connectivity index (χ2v) is 7.11. The smallest absolute Gasteiger partial charge is 0.356 e. The van der Waals surface area contributed by atoms with Gasteiger partial charge in [-0.1, -0.05) is 0 Å². The molecule has 8 heteroatoms.